The van der Waals surface area contributed by atoms with Crippen molar-refractivity contribution in [1.29, 1.82) is 0 Å². The van der Waals surface area contributed by atoms with E-state index in [1.165, 1.54) is 0 Å². The molecule has 0 N–H and O–H groups in total. The van der Waals surface area contributed by atoms with Gasteiger partial charge in [-0.3, -0.25) is 19.2 Å². The van der Waals surface area contributed by atoms with E-state index in [-0.39, 0.29) is 47.5 Å². The Labute approximate surface area is 385 Å². The molecule has 0 fully saturated rings. The standard InChI is InChI=1S/C52H84O9Si2/c1-18-20-24-40(9)49(60-63(37(3)4,38(5)6)39(7)8)34-45(54)32-44(53)33-46(55)35-50(56)59-48(26-21-19-2)42(11)51(61-62(16,17)52(12,13)14)41(10)25-22-23-31-58-36-43-27-29-47(57-15)30-28-43/h22-23,27-30,37-42,48-49,51H,24-26,31-36H2,1-17H3/b23-22-/t40-,41+,42+,48-,49+,51+/m0/s1. The summed E-state index contributed by atoms with van der Waals surface area (Å²) in [6.07, 6.45) is 2.92. The summed E-state index contributed by atoms with van der Waals surface area (Å²) in [5.74, 6) is 10.5. The van der Waals surface area contributed by atoms with Gasteiger partial charge >= 0.3 is 5.97 Å². The largest absolute Gasteiger partial charge is 0.497 e. The molecule has 1 aromatic rings. The van der Waals surface area contributed by atoms with E-state index in [0.29, 0.717) is 42.7 Å². The van der Waals surface area contributed by atoms with E-state index in [9.17, 15) is 19.2 Å². The highest BCUT2D eigenvalue weighted by atomic mass is 28.4. The fourth-order valence-corrected chi connectivity index (χ4v) is 15.3. The number of hydrogen-bond donors (Lipinski definition) is 0. The van der Waals surface area contributed by atoms with Gasteiger partial charge in [0.1, 0.15) is 29.8 Å². The third kappa shape index (κ3) is 19.4. The first-order chi connectivity index (χ1) is 29.4. The van der Waals surface area contributed by atoms with Gasteiger partial charge in [-0.05, 0) is 84.6 Å². The lowest BCUT2D eigenvalue weighted by Crippen LogP contribution is -2.51. The Kier molecular flexibility index (Phi) is 25.5. The Morgan fingerprint density at radius 1 is 0.698 bits per heavy atom. The molecule has 0 aromatic heterocycles. The predicted molar refractivity (Wildman–Crippen MR) is 261 cm³/mol. The monoisotopic (exact) mass is 909 g/mol. The number of rotatable bonds is 29. The van der Waals surface area contributed by atoms with E-state index in [2.05, 4.69) is 112 Å². The van der Waals surface area contributed by atoms with Crippen LogP contribution in [0.3, 0.4) is 0 Å². The number of esters is 1. The van der Waals surface area contributed by atoms with Crippen LogP contribution in [0.15, 0.2) is 36.4 Å². The first-order valence-electron chi connectivity index (χ1n) is 23.1. The molecular weight excluding hydrogens is 825 g/mol. The summed E-state index contributed by atoms with van der Waals surface area (Å²) >= 11 is 0. The molecule has 0 amide bonds. The lowest BCUT2D eigenvalue weighted by molar-refractivity contribution is -0.155. The van der Waals surface area contributed by atoms with Crippen molar-refractivity contribution in [1.82, 2.24) is 0 Å². The molecule has 1 rings (SSSR count). The third-order valence-corrected chi connectivity index (χ3v) is 23.4. The Bertz CT molecular complexity index is 1710. The van der Waals surface area contributed by atoms with E-state index >= 15 is 0 Å². The van der Waals surface area contributed by atoms with Crippen LogP contribution in [0.5, 0.6) is 5.75 Å². The zero-order chi connectivity index (χ0) is 48.1. The predicted octanol–water partition coefficient (Wildman–Crippen LogP) is 12.0. The minimum Gasteiger partial charge on any atom is -0.497 e. The molecule has 0 aliphatic rings. The molecule has 0 aliphatic heterocycles. The van der Waals surface area contributed by atoms with Gasteiger partial charge in [-0.2, -0.15) is 0 Å². The van der Waals surface area contributed by atoms with Gasteiger partial charge in [0.25, 0.3) is 0 Å². The summed E-state index contributed by atoms with van der Waals surface area (Å²) < 4.78 is 31.3. The summed E-state index contributed by atoms with van der Waals surface area (Å²) in [7, 11) is -2.99. The molecule has 0 radical (unpaired) electrons. The van der Waals surface area contributed by atoms with E-state index < -0.39 is 65.6 Å². The van der Waals surface area contributed by atoms with Gasteiger partial charge in [-0.25, -0.2) is 0 Å². The Hall–Kier alpha value is -3.33. The van der Waals surface area contributed by atoms with Crippen molar-refractivity contribution in [3.8, 4) is 29.4 Å². The number of carbonyl (C=O) groups is 4. The first kappa shape index (κ1) is 57.7. The molecule has 0 saturated heterocycles. The van der Waals surface area contributed by atoms with E-state index in [0.717, 1.165) is 11.3 Å². The maximum atomic E-state index is 13.5. The topological polar surface area (TPSA) is 114 Å². The number of ether oxygens (including phenoxy) is 3. The Balaban J connectivity index is 3.09. The van der Waals surface area contributed by atoms with Crippen LogP contribution >= 0.6 is 0 Å². The number of ketones is 3. The first-order valence-corrected chi connectivity index (χ1v) is 28.2. The molecule has 0 bridgehead atoms. The van der Waals surface area contributed by atoms with Gasteiger partial charge in [0, 0.05) is 25.2 Å². The van der Waals surface area contributed by atoms with E-state index in [4.69, 9.17) is 23.1 Å². The summed E-state index contributed by atoms with van der Waals surface area (Å²) in [6, 6.07) is 7.79. The molecule has 0 saturated carbocycles. The summed E-state index contributed by atoms with van der Waals surface area (Å²) in [6.45, 7) is 34.9. The van der Waals surface area contributed by atoms with Crippen LogP contribution in [0.2, 0.25) is 34.8 Å². The van der Waals surface area contributed by atoms with E-state index in [1.54, 1.807) is 21.0 Å². The lowest BCUT2D eigenvalue weighted by Gasteiger charge is -2.45. The molecular formula is C52H84O9Si2. The molecule has 0 unspecified atom stereocenters. The Morgan fingerprint density at radius 3 is 1.76 bits per heavy atom. The van der Waals surface area contributed by atoms with Gasteiger partial charge in [-0.15, -0.1) is 17.8 Å². The van der Waals surface area contributed by atoms with Crippen molar-refractivity contribution in [2.45, 2.75) is 202 Å². The molecule has 1 aromatic carbocycles. The van der Waals surface area contributed by atoms with Crippen molar-refractivity contribution >= 4 is 40.0 Å². The number of methoxy groups -OCH3 is 1. The molecule has 6 atom stereocenters. The van der Waals surface area contributed by atoms with Gasteiger partial charge in [0.05, 0.1) is 45.4 Å². The van der Waals surface area contributed by atoms with Crippen molar-refractivity contribution < 1.29 is 42.2 Å². The van der Waals surface area contributed by atoms with Gasteiger partial charge in [-0.1, -0.05) is 113 Å². The van der Waals surface area contributed by atoms with Crippen LogP contribution < -0.4 is 4.74 Å². The summed E-state index contributed by atoms with van der Waals surface area (Å²) in [4.78, 5) is 53.2. The van der Waals surface area contributed by atoms with Crippen molar-refractivity contribution in [2.24, 2.45) is 17.8 Å². The number of carbonyl (C=O) groups excluding carboxylic acids is 4. The minimum atomic E-state index is -2.35. The molecule has 0 spiro atoms. The van der Waals surface area contributed by atoms with Crippen LogP contribution in [0.25, 0.3) is 0 Å². The van der Waals surface area contributed by atoms with Gasteiger partial charge < -0.3 is 23.1 Å². The smallest absolute Gasteiger partial charge is 0.313 e. The van der Waals surface area contributed by atoms with Crippen LogP contribution in [0, 0.1) is 41.4 Å². The van der Waals surface area contributed by atoms with Crippen LogP contribution in [-0.4, -0.2) is 72.0 Å². The highest BCUT2D eigenvalue weighted by molar-refractivity contribution is 6.77. The lowest BCUT2D eigenvalue weighted by atomic mass is 9.86. The molecule has 9 nitrogen and oxygen atoms in total. The molecule has 0 aliphatic carbocycles. The SMILES string of the molecule is CC#CC[C@H](OC(=O)CC(=O)CC(=O)CC(=O)C[C@@H](O[Si](C(C)C)(C(C)C)C(C)C)[C@@H](C)CC#CC)[C@@H](C)[C@H](O[Si](C)(C)C(C)(C)C)[C@H](C)C/C=C\COCc1ccc(OC)cc1. The number of benzene rings is 1. The second-order valence-corrected chi connectivity index (χ2v) is 30.0. The minimum absolute atomic E-state index is 0.0222. The molecule has 63 heavy (non-hydrogen) atoms. The van der Waals surface area contributed by atoms with Crippen molar-refractivity contribution in [2.75, 3.05) is 13.7 Å². The second kappa shape index (κ2) is 27.9. The van der Waals surface area contributed by atoms with E-state index in [1.807, 2.05) is 44.2 Å². The zero-order valence-corrected chi connectivity index (χ0v) is 44.2. The van der Waals surface area contributed by atoms with Crippen LogP contribution in [0.4, 0.5) is 0 Å². The number of allylic oxidation sites excluding steroid dienone is 1. The highest BCUT2D eigenvalue weighted by Crippen LogP contribution is 2.44. The normalized spacial score (nSPS) is 15.2. The summed E-state index contributed by atoms with van der Waals surface area (Å²) in [5, 5.41) is -0.0654. The molecule has 354 valence electrons. The van der Waals surface area contributed by atoms with Gasteiger partial charge in [0.2, 0.25) is 8.32 Å². The quantitative estimate of drug-likeness (QED) is 0.0193. The average molecular weight is 909 g/mol. The molecule has 0 heterocycles. The average Bonchev–Trinajstić information content (AvgIpc) is 3.19. The van der Waals surface area contributed by atoms with Crippen LogP contribution in [-0.2, 0) is 44.1 Å². The maximum absolute atomic E-state index is 13.5. The highest BCUT2D eigenvalue weighted by Gasteiger charge is 2.48. The maximum Gasteiger partial charge on any atom is 0.313 e. The third-order valence-electron chi connectivity index (χ3n) is 12.8. The number of Topliss-reactive ketones (excluding diaryl/α,β-unsaturated/α-hetero) is 3. The van der Waals surface area contributed by atoms with Crippen molar-refractivity contribution in [3.05, 3.63) is 42.0 Å². The Morgan fingerprint density at radius 2 is 1.24 bits per heavy atom. The fourth-order valence-electron chi connectivity index (χ4n) is 8.14. The fraction of sp³-hybridized carbons (Fsp3) is 0.692. The zero-order valence-electron chi connectivity index (χ0n) is 42.2. The van der Waals surface area contributed by atoms with Crippen LogP contribution in [0.1, 0.15) is 147 Å². The second-order valence-electron chi connectivity index (χ2n) is 19.8. The van der Waals surface area contributed by atoms with Crippen molar-refractivity contribution in [3.63, 3.8) is 0 Å². The summed E-state index contributed by atoms with van der Waals surface area (Å²) in [5.41, 5.74) is 2.02. The van der Waals surface area contributed by atoms with Gasteiger partial charge in [0.15, 0.2) is 14.1 Å². The molecule has 11 heteroatoms. The number of hydrogen-bond acceptors (Lipinski definition) is 9.